The molecular weight excluding hydrogens is 260 g/mol. The Hall–Kier alpha value is -1.38. The van der Waals surface area contributed by atoms with Crippen molar-refractivity contribution in [1.82, 2.24) is 9.29 Å². The number of morpholine rings is 1. The Bertz CT molecular complexity index is 510. The highest BCUT2D eigenvalue weighted by atomic mass is 32.2. The zero-order valence-corrected chi connectivity index (χ0v) is 10.6. The van der Waals surface area contributed by atoms with Gasteiger partial charge in [0.2, 0.25) is 10.0 Å². The Balaban J connectivity index is 2.17. The molecule has 0 radical (unpaired) electrons. The maximum atomic E-state index is 12.2. The van der Waals surface area contributed by atoms with Crippen molar-refractivity contribution in [2.75, 3.05) is 26.8 Å². The van der Waals surface area contributed by atoms with E-state index in [0.29, 0.717) is 0 Å². The van der Waals surface area contributed by atoms with Crippen molar-refractivity contribution >= 4 is 16.0 Å². The number of aromatic nitrogens is 1. The smallest absolute Gasteiger partial charge is 0.336 e. The number of carbonyl (C=O) groups excluding carboxylic acids is 1. The predicted molar refractivity (Wildman–Crippen MR) is 61.3 cm³/mol. The molecule has 100 valence electrons. The maximum Gasteiger partial charge on any atom is 0.336 e. The molecular formula is C10H14N2O5S. The molecule has 1 aromatic heterocycles. The van der Waals surface area contributed by atoms with Crippen molar-refractivity contribution in [3.63, 3.8) is 0 Å². The molecule has 1 atom stereocenters. The standard InChI is InChI=1S/C10H14N2O5S/c1-16-10(13)9-7-12(4-5-17-9)18(14,15)8-2-3-11-6-8/h2-3,6,9,11H,4-5,7H2,1H3. The number of methoxy groups -OCH3 is 1. The number of nitrogens with zero attached hydrogens (tertiary/aromatic N) is 1. The second-order valence-corrected chi connectivity index (χ2v) is 5.73. The molecule has 1 aliphatic rings. The molecule has 0 aliphatic carbocycles. The van der Waals surface area contributed by atoms with Gasteiger partial charge in [0.05, 0.1) is 25.2 Å². The van der Waals surface area contributed by atoms with Gasteiger partial charge >= 0.3 is 5.97 Å². The molecule has 18 heavy (non-hydrogen) atoms. The maximum absolute atomic E-state index is 12.2. The number of H-pyrrole nitrogens is 1. The van der Waals surface area contributed by atoms with Gasteiger partial charge in [0, 0.05) is 18.9 Å². The molecule has 0 bridgehead atoms. The van der Waals surface area contributed by atoms with Crippen LogP contribution >= 0.6 is 0 Å². The summed E-state index contributed by atoms with van der Waals surface area (Å²) in [6, 6.07) is 1.47. The number of sulfonamides is 1. The predicted octanol–water partition coefficient (Wildman–Crippen LogP) is -0.423. The molecule has 0 spiro atoms. The molecule has 1 aromatic rings. The zero-order valence-electron chi connectivity index (χ0n) is 9.83. The van der Waals surface area contributed by atoms with Crippen molar-refractivity contribution in [3.05, 3.63) is 18.5 Å². The van der Waals surface area contributed by atoms with Gasteiger partial charge in [-0.05, 0) is 6.07 Å². The van der Waals surface area contributed by atoms with Crippen LogP contribution in [0.3, 0.4) is 0 Å². The van der Waals surface area contributed by atoms with Crippen LogP contribution in [-0.2, 0) is 24.3 Å². The number of hydrogen-bond donors (Lipinski definition) is 1. The van der Waals surface area contributed by atoms with E-state index < -0.39 is 22.1 Å². The summed E-state index contributed by atoms with van der Waals surface area (Å²) in [6.07, 6.45) is 2.07. The van der Waals surface area contributed by atoms with Gasteiger partial charge in [-0.15, -0.1) is 0 Å². The summed E-state index contributed by atoms with van der Waals surface area (Å²) in [5.41, 5.74) is 0. The van der Waals surface area contributed by atoms with Crippen LogP contribution in [0.1, 0.15) is 0 Å². The molecule has 0 amide bonds. The van der Waals surface area contributed by atoms with E-state index in [1.807, 2.05) is 0 Å². The summed E-state index contributed by atoms with van der Waals surface area (Å²) < 4.78 is 35.4. The van der Waals surface area contributed by atoms with Crippen molar-refractivity contribution in [2.24, 2.45) is 0 Å². The monoisotopic (exact) mass is 274 g/mol. The zero-order chi connectivity index (χ0) is 13.2. The van der Waals surface area contributed by atoms with E-state index in [0.717, 1.165) is 0 Å². The van der Waals surface area contributed by atoms with Crippen molar-refractivity contribution in [1.29, 1.82) is 0 Å². The molecule has 7 nitrogen and oxygen atoms in total. The minimum Gasteiger partial charge on any atom is -0.467 e. The van der Waals surface area contributed by atoms with Crippen LogP contribution in [0.25, 0.3) is 0 Å². The lowest BCUT2D eigenvalue weighted by Gasteiger charge is -2.30. The lowest BCUT2D eigenvalue weighted by atomic mass is 10.3. The first-order chi connectivity index (χ1) is 8.55. The Morgan fingerprint density at radius 3 is 3.00 bits per heavy atom. The van der Waals surface area contributed by atoms with Gasteiger partial charge in [-0.2, -0.15) is 4.31 Å². The molecule has 0 saturated carbocycles. The van der Waals surface area contributed by atoms with E-state index in [4.69, 9.17) is 4.74 Å². The summed E-state index contributed by atoms with van der Waals surface area (Å²) in [4.78, 5) is 14.2. The summed E-state index contributed by atoms with van der Waals surface area (Å²) in [7, 11) is -2.34. The molecule has 1 N–H and O–H groups in total. The van der Waals surface area contributed by atoms with Crippen LogP contribution in [0.2, 0.25) is 0 Å². The number of hydrogen-bond acceptors (Lipinski definition) is 5. The molecule has 1 saturated heterocycles. The highest BCUT2D eigenvalue weighted by Crippen LogP contribution is 2.18. The number of ether oxygens (including phenoxy) is 2. The third-order valence-corrected chi connectivity index (χ3v) is 4.56. The van der Waals surface area contributed by atoms with Crippen LogP contribution in [0.15, 0.2) is 23.4 Å². The third kappa shape index (κ3) is 2.40. The summed E-state index contributed by atoms with van der Waals surface area (Å²) in [5, 5.41) is 0. The first-order valence-electron chi connectivity index (χ1n) is 5.38. The van der Waals surface area contributed by atoms with Gasteiger partial charge in [0.1, 0.15) is 0 Å². The highest BCUT2D eigenvalue weighted by molar-refractivity contribution is 7.89. The van der Waals surface area contributed by atoms with Crippen molar-refractivity contribution in [3.8, 4) is 0 Å². The molecule has 1 unspecified atom stereocenters. The molecule has 1 fully saturated rings. The van der Waals surface area contributed by atoms with E-state index in [1.54, 1.807) is 0 Å². The number of rotatable bonds is 3. The average Bonchev–Trinajstić information content (AvgIpc) is 2.92. The number of esters is 1. The first kappa shape index (κ1) is 13.1. The van der Waals surface area contributed by atoms with Crippen LogP contribution in [-0.4, -0.2) is 56.6 Å². The second-order valence-electron chi connectivity index (χ2n) is 3.79. The first-order valence-corrected chi connectivity index (χ1v) is 6.82. The van der Waals surface area contributed by atoms with Gasteiger partial charge in [-0.3, -0.25) is 0 Å². The fraction of sp³-hybridized carbons (Fsp3) is 0.500. The van der Waals surface area contributed by atoms with E-state index >= 15 is 0 Å². The van der Waals surface area contributed by atoms with Gasteiger partial charge in [0.25, 0.3) is 0 Å². The van der Waals surface area contributed by atoms with E-state index in [1.165, 1.54) is 29.9 Å². The van der Waals surface area contributed by atoms with Crippen LogP contribution in [0.4, 0.5) is 0 Å². The Morgan fingerprint density at radius 1 is 1.61 bits per heavy atom. The van der Waals surface area contributed by atoms with Crippen molar-refractivity contribution in [2.45, 2.75) is 11.0 Å². The van der Waals surface area contributed by atoms with Crippen LogP contribution in [0.5, 0.6) is 0 Å². The Labute approximate surface area is 105 Å². The Kier molecular flexibility index (Phi) is 3.69. The molecule has 2 rings (SSSR count). The molecule has 0 aromatic carbocycles. The normalized spacial score (nSPS) is 21.7. The minimum atomic E-state index is -3.58. The summed E-state index contributed by atoms with van der Waals surface area (Å²) in [5.74, 6) is -0.566. The number of carbonyl (C=O) groups is 1. The third-order valence-electron chi connectivity index (χ3n) is 2.70. The molecule has 1 aliphatic heterocycles. The molecule has 8 heteroatoms. The summed E-state index contributed by atoms with van der Waals surface area (Å²) in [6.45, 7) is 0.366. The fourth-order valence-corrected chi connectivity index (χ4v) is 3.14. The lowest BCUT2D eigenvalue weighted by Crippen LogP contribution is -2.48. The van der Waals surface area contributed by atoms with Gasteiger partial charge in [-0.25, -0.2) is 13.2 Å². The molecule has 2 heterocycles. The fourth-order valence-electron chi connectivity index (χ4n) is 1.74. The van der Waals surface area contributed by atoms with Crippen LogP contribution < -0.4 is 0 Å². The Morgan fingerprint density at radius 2 is 2.39 bits per heavy atom. The number of nitrogens with one attached hydrogen (secondary N) is 1. The SMILES string of the molecule is COC(=O)C1CN(S(=O)(=O)c2cc[nH]c2)CCO1. The quantitative estimate of drug-likeness (QED) is 0.756. The van der Waals surface area contributed by atoms with Gasteiger partial charge in [0.15, 0.2) is 6.10 Å². The van der Waals surface area contributed by atoms with Crippen LogP contribution in [0, 0.1) is 0 Å². The highest BCUT2D eigenvalue weighted by Gasteiger charge is 2.34. The summed E-state index contributed by atoms with van der Waals surface area (Å²) >= 11 is 0. The van der Waals surface area contributed by atoms with Gasteiger partial charge in [-0.1, -0.05) is 0 Å². The largest absolute Gasteiger partial charge is 0.467 e. The lowest BCUT2D eigenvalue weighted by molar-refractivity contribution is -0.157. The van der Waals surface area contributed by atoms with E-state index in [9.17, 15) is 13.2 Å². The number of aromatic amines is 1. The average molecular weight is 274 g/mol. The van der Waals surface area contributed by atoms with Crippen molar-refractivity contribution < 1.29 is 22.7 Å². The van der Waals surface area contributed by atoms with E-state index in [-0.39, 0.29) is 24.6 Å². The minimum absolute atomic E-state index is 0.0276. The second kappa shape index (κ2) is 5.09. The van der Waals surface area contributed by atoms with E-state index in [2.05, 4.69) is 9.72 Å². The van der Waals surface area contributed by atoms with Gasteiger partial charge < -0.3 is 14.5 Å². The topological polar surface area (TPSA) is 88.7 Å².